The van der Waals surface area contributed by atoms with Gasteiger partial charge in [0.05, 0.1) is 17.9 Å². The summed E-state index contributed by atoms with van der Waals surface area (Å²) < 4.78 is 27.3. The highest BCUT2D eigenvalue weighted by Gasteiger charge is 2.17. The lowest BCUT2D eigenvalue weighted by molar-refractivity contribution is 0.0942. The van der Waals surface area contributed by atoms with Crippen molar-refractivity contribution < 1.29 is 13.6 Å². The Kier molecular flexibility index (Phi) is 4.51. The molecule has 1 amide bonds. The van der Waals surface area contributed by atoms with Gasteiger partial charge in [-0.15, -0.1) is 0 Å². The van der Waals surface area contributed by atoms with Crippen LogP contribution in [0.3, 0.4) is 0 Å². The summed E-state index contributed by atoms with van der Waals surface area (Å²) in [4.78, 5) is 24.4. The first kappa shape index (κ1) is 15.7. The Balaban J connectivity index is 1.82. The summed E-state index contributed by atoms with van der Waals surface area (Å²) in [5.74, 6) is -2.68. The molecule has 0 bridgehead atoms. The lowest BCUT2D eigenvalue weighted by Crippen LogP contribution is -2.26. The molecule has 2 aromatic heterocycles. The van der Waals surface area contributed by atoms with Crippen LogP contribution in [0.1, 0.15) is 16.1 Å². The average molecular weight is 326 g/mol. The number of pyridine rings is 1. The second-order valence-electron chi connectivity index (χ2n) is 4.87. The minimum Gasteiger partial charge on any atom is -0.346 e. The van der Waals surface area contributed by atoms with Crippen LogP contribution < -0.4 is 5.32 Å². The van der Waals surface area contributed by atoms with Gasteiger partial charge in [-0.1, -0.05) is 6.07 Å². The molecule has 0 saturated heterocycles. The molecule has 0 saturated carbocycles. The first-order chi connectivity index (χ1) is 11.7. The summed E-state index contributed by atoms with van der Waals surface area (Å²) in [6, 6.07) is 6.77. The number of amides is 1. The summed E-state index contributed by atoms with van der Waals surface area (Å²) in [6.45, 7) is -0.0158. The maximum absolute atomic E-state index is 13.6. The van der Waals surface area contributed by atoms with Gasteiger partial charge in [0.25, 0.3) is 5.91 Å². The molecule has 7 heteroatoms. The molecular weight excluding hydrogens is 314 g/mol. The number of halogens is 2. The highest BCUT2D eigenvalue weighted by atomic mass is 19.1. The number of hydrogen-bond donors (Lipinski definition) is 1. The van der Waals surface area contributed by atoms with E-state index >= 15 is 0 Å². The second-order valence-corrected chi connectivity index (χ2v) is 4.87. The zero-order chi connectivity index (χ0) is 16.9. The normalized spacial score (nSPS) is 10.4. The van der Waals surface area contributed by atoms with Gasteiger partial charge in [0, 0.05) is 30.4 Å². The van der Waals surface area contributed by atoms with Crippen molar-refractivity contribution in [2.24, 2.45) is 0 Å². The fourth-order valence-corrected chi connectivity index (χ4v) is 2.21. The quantitative estimate of drug-likeness (QED) is 0.800. The fourth-order valence-electron chi connectivity index (χ4n) is 2.21. The van der Waals surface area contributed by atoms with E-state index in [1.165, 1.54) is 18.5 Å². The Labute approximate surface area is 136 Å². The molecule has 0 spiro atoms. The van der Waals surface area contributed by atoms with Crippen molar-refractivity contribution in [3.8, 4) is 11.3 Å². The molecule has 0 aliphatic carbocycles. The predicted octanol–water partition coefficient (Wildman–Crippen LogP) is 2.75. The molecule has 0 radical (unpaired) electrons. The van der Waals surface area contributed by atoms with E-state index in [0.29, 0.717) is 11.4 Å². The zero-order valence-corrected chi connectivity index (χ0v) is 12.4. The summed E-state index contributed by atoms with van der Waals surface area (Å²) in [7, 11) is 0. The zero-order valence-electron chi connectivity index (χ0n) is 12.4. The molecule has 24 heavy (non-hydrogen) atoms. The van der Waals surface area contributed by atoms with Crippen molar-refractivity contribution in [1.29, 1.82) is 0 Å². The van der Waals surface area contributed by atoms with Gasteiger partial charge in [0.1, 0.15) is 17.2 Å². The third-order valence-corrected chi connectivity index (χ3v) is 3.33. The van der Waals surface area contributed by atoms with Crippen molar-refractivity contribution >= 4 is 5.91 Å². The van der Waals surface area contributed by atoms with E-state index in [4.69, 9.17) is 0 Å². The van der Waals surface area contributed by atoms with Crippen molar-refractivity contribution in [2.45, 2.75) is 6.54 Å². The van der Waals surface area contributed by atoms with E-state index in [2.05, 4.69) is 20.3 Å². The molecule has 3 aromatic rings. The Bertz CT molecular complexity index is 851. The second kappa shape index (κ2) is 6.91. The molecule has 1 N–H and O–H groups in total. The Hall–Kier alpha value is -3.22. The van der Waals surface area contributed by atoms with Gasteiger partial charge in [0.15, 0.2) is 0 Å². The molecule has 1 aromatic carbocycles. The molecule has 0 aliphatic rings. The van der Waals surface area contributed by atoms with Gasteiger partial charge in [-0.05, 0) is 24.3 Å². The highest BCUT2D eigenvalue weighted by Crippen LogP contribution is 2.19. The van der Waals surface area contributed by atoms with Crippen LogP contribution in [-0.4, -0.2) is 20.9 Å². The number of benzene rings is 1. The minimum absolute atomic E-state index is 0.0158. The highest BCUT2D eigenvalue weighted by molar-refractivity contribution is 5.94. The van der Waals surface area contributed by atoms with Crippen LogP contribution in [0.15, 0.2) is 55.1 Å². The van der Waals surface area contributed by atoms with Gasteiger partial charge >= 0.3 is 0 Å². The number of nitrogens with one attached hydrogen (secondary N) is 1. The van der Waals surface area contributed by atoms with Gasteiger partial charge in [-0.25, -0.2) is 8.78 Å². The first-order valence-corrected chi connectivity index (χ1v) is 7.09. The van der Waals surface area contributed by atoms with Crippen LogP contribution in [0, 0.1) is 11.6 Å². The lowest BCUT2D eigenvalue weighted by atomic mass is 10.1. The topological polar surface area (TPSA) is 67.8 Å². The molecular formula is C17H12F2N4O. The molecule has 5 nitrogen and oxygen atoms in total. The van der Waals surface area contributed by atoms with E-state index in [1.54, 1.807) is 24.5 Å². The maximum atomic E-state index is 13.6. The molecule has 0 atom stereocenters. The third-order valence-electron chi connectivity index (χ3n) is 3.33. The number of rotatable bonds is 4. The molecule has 0 aliphatic heterocycles. The largest absolute Gasteiger partial charge is 0.346 e. The van der Waals surface area contributed by atoms with Gasteiger partial charge in [0.2, 0.25) is 0 Å². The van der Waals surface area contributed by atoms with E-state index < -0.39 is 23.1 Å². The third kappa shape index (κ3) is 3.24. The van der Waals surface area contributed by atoms with E-state index in [-0.39, 0.29) is 6.54 Å². The number of hydrogen-bond acceptors (Lipinski definition) is 4. The lowest BCUT2D eigenvalue weighted by Gasteiger charge is -2.09. The average Bonchev–Trinajstić information content (AvgIpc) is 2.61. The fraction of sp³-hybridized carbons (Fsp3) is 0.0588. The van der Waals surface area contributed by atoms with Crippen molar-refractivity contribution in [2.75, 3.05) is 0 Å². The van der Waals surface area contributed by atoms with Gasteiger partial charge in [-0.2, -0.15) is 0 Å². The number of carbonyl (C=O) groups excluding carboxylic acids is 1. The Morgan fingerprint density at radius 1 is 0.958 bits per heavy atom. The van der Waals surface area contributed by atoms with Crippen LogP contribution in [0.4, 0.5) is 8.78 Å². The Morgan fingerprint density at radius 3 is 2.33 bits per heavy atom. The van der Waals surface area contributed by atoms with Crippen LogP contribution in [0.5, 0.6) is 0 Å². The molecule has 0 fully saturated rings. The van der Waals surface area contributed by atoms with Gasteiger partial charge < -0.3 is 5.32 Å². The number of carbonyl (C=O) groups is 1. The van der Waals surface area contributed by atoms with Gasteiger partial charge in [-0.3, -0.25) is 19.7 Å². The maximum Gasteiger partial charge on any atom is 0.257 e. The first-order valence-electron chi connectivity index (χ1n) is 7.09. The molecule has 0 unspecified atom stereocenters. The molecule has 2 heterocycles. The smallest absolute Gasteiger partial charge is 0.257 e. The summed E-state index contributed by atoms with van der Waals surface area (Å²) in [6.07, 6.45) is 6.23. The number of nitrogens with zero attached hydrogens (tertiary/aromatic N) is 3. The van der Waals surface area contributed by atoms with Crippen molar-refractivity contribution in [3.05, 3.63) is 78.0 Å². The van der Waals surface area contributed by atoms with Crippen LogP contribution in [-0.2, 0) is 6.54 Å². The molecule has 3 rings (SSSR count). The summed E-state index contributed by atoms with van der Waals surface area (Å²) in [5.41, 5.74) is 1.20. The van der Waals surface area contributed by atoms with Crippen LogP contribution in [0.2, 0.25) is 0 Å². The summed E-state index contributed by atoms with van der Waals surface area (Å²) >= 11 is 0. The molecule has 120 valence electrons. The minimum atomic E-state index is -0.916. The van der Waals surface area contributed by atoms with Crippen LogP contribution in [0.25, 0.3) is 11.3 Å². The Morgan fingerprint density at radius 2 is 1.62 bits per heavy atom. The van der Waals surface area contributed by atoms with E-state index in [0.717, 1.165) is 17.7 Å². The van der Waals surface area contributed by atoms with Crippen molar-refractivity contribution in [3.63, 3.8) is 0 Å². The van der Waals surface area contributed by atoms with E-state index in [1.807, 2.05) is 0 Å². The van der Waals surface area contributed by atoms with Crippen LogP contribution >= 0.6 is 0 Å². The van der Waals surface area contributed by atoms with E-state index in [9.17, 15) is 13.6 Å². The van der Waals surface area contributed by atoms with Crippen molar-refractivity contribution in [1.82, 2.24) is 20.3 Å². The predicted molar refractivity (Wildman–Crippen MR) is 82.8 cm³/mol. The number of aromatic nitrogens is 3. The SMILES string of the molecule is O=C(NCc1nccnc1-c1ccncc1)c1c(F)cccc1F. The monoisotopic (exact) mass is 326 g/mol. The summed E-state index contributed by atoms with van der Waals surface area (Å²) in [5, 5.41) is 2.47. The standard InChI is InChI=1S/C17H12F2N4O/c18-12-2-1-3-13(19)15(12)17(24)23-10-14-16(22-9-8-21-14)11-4-6-20-7-5-11/h1-9H,10H2,(H,23,24).